The number of aromatic nitrogens is 1. The molecule has 3 rings (SSSR count). The summed E-state index contributed by atoms with van der Waals surface area (Å²) in [7, 11) is 0. The van der Waals surface area contributed by atoms with Crippen LogP contribution in [-0.4, -0.2) is 45.5 Å². The Hall–Kier alpha value is -2.34. The molecule has 1 unspecified atom stereocenters. The van der Waals surface area contributed by atoms with Gasteiger partial charge in [0.1, 0.15) is 0 Å². The molecule has 1 aliphatic rings. The number of aliphatic hydroxyl groups is 1. The van der Waals surface area contributed by atoms with Crippen molar-refractivity contribution in [2.75, 3.05) is 13.1 Å². The van der Waals surface area contributed by atoms with E-state index in [2.05, 4.69) is 4.98 Å². The predicted molar refractivity (Wildman–Crippen MR) is 82.2 cm³/mol. The van der Waals surface area contributed by atoms with Crippen molar-refractivity contribution in [3.8, 4) is 0 Å². The molecule has 1 aliphatic heterocycles. The summed E-state index contributed by atoms with van der Waals surface area (Å²) in [4.78, 5) is 28.6. The third kappa shape index (κ3) is 2.69. The minimum atomic E-state index is -1.22. The fourth-order valence-corrected chi connectivity index (χ4v) is 3.19. The Bertz CT molecular complexity index is 724. The van der Waals surface area contributed by atoms with Gasteiger partial charge in [0.05, 0.1) is 29.6 Å². The number of benzene rings is 1. The zero-order valence-electron chi connectivity index (χ0n) is 12.2. The summed E-state index contributed by atoms with van der Waals surface area (Å²) >= 11 is 0. The number of nitrogens with one attached hydrogen (secondary N) is 1. The number of para-hydroxylation sites is 1. The highest BCUT2D eigenvalue weighted by atomic mass is 16.3. The van der Waals surface area contributed by atoms with E-state index >= 15 is 0 Å². The van der Waals surface area contributed by atoms with Gasteiger partial charge < -0.3 is 20.7 Å². The largest absolute Gasteiger partial charge is 0.388 e. The lowest BCUT2D eigenvalue weighted by molar-refractivity contribution is -0.125. The predicted octanol–water partition coefficient (Wildman–Crippen LogP) is 1.01. The number of amides is 2. The molecule has 6 heteroatoms. The lowest BCUT2D eigenvalue weighted by Gasteiger charge is -2.38. The first-order chi connectivity index (χ1) is 10.5. The van der Waals surface area contributed by atoms with Gasteiger partial charge in [-0.1, -0.05) is 12.1 Å². The third-order valence-electron chi connectivity index (χ3n) is 4.16. The first-order valence-corrected chi connectivity index (χ1v) is 7.35. The van der Waals surface area contributed by atoms with Crippen LogP contribution in [0.5, 0.6) is 0 Å². The van der Waals surface area contributed by atoms with Gasteiger partial charge >= 0.3 is 0 Å². The maximum Gasteiger partial charge on any atom is 0.256 e. The van der Waals surface area contributed by atoms with Gasteiger partial charge in [-0.15, -0.1) is 0 Å². The molecule has 116 valence electrons. The van der Waals surface area contributed by atoms with Crippen LogP contribution in [0, 0.1) is 0 Å². The molecular formula is C16H19N3O3. The molecule has 1 atom stereocenters. The lowest BCUT2D eigenvalue weighted by atomic mass is 9.89. The van der Waals surface area contributed by atoms with Crippen LogP contribution in [0.3, 0.4) is 0 Å². The topological polar surface area (TPSA) is 99.4 Å². The van der Waals surface area contributed by atoms with Crippen molar-refractivity contribution in [3.05, 3.63) is 36.0 Å². The van der Waals surface area contributed by atoms with Crippen LogP contribution in [0.25, 0.3) is 10.9 Å². The number of H-pyrrole nitrogens is 1. The molecule has 0 saturated carbocycles. The first kappa shape index (κ1) is 14.6. The Morgan fingerprint density at radius 2 is 2.18 bits per heavy atom. The van der Waals surface area contributed by atoms with Gasteiger partial charge in [0.2, 0.25) is 5.91 Å². The zero-order chi connectivity index (χ0) is 15.7. The number of aromatic amines is 1. The highest BCUT2D eigenvalue weighted by Gasteiger charge is 2.37. The van der Waals surface area contributed by atoms with E-state index in [9.17, 15) is 14.7 Å². The molecule has 0 radical (unpaired) electrons. The quantitative estimate of drug-likeness (QED) is 0.789. The van der Waals surface area contributed by atoms with Gasteiger partial charge in [0, 0.05) is 18.1 Å². The van der Waals surface area contributed by atoms with Gasteiger partial charge in [0.15, 0.2) is 0 Å². The number of hydrogen-bond acceptors (Lipinski definition) is 3. The summed E-state index contributed by atoms with van der Waals surface area (Å²) in [6.45, 7) is 0.697. The Kier molecular flexibility index (Phi) is 3.62. The average molecular weight is 301 g/mol. The monoisotopic (exact) mass is 301 g/mol. The summed E-state index contributed by atoms with van der Waals surface area (Å²) in [6.07, 6.45) is 2.80. The molecule has 1 saturated heterocycles. The summed E-state index contributed by atoms with van der Waals surface area (Å²) in [5.74, 6) is -0.695. The van der Waals surface area contributed by atoms with Gasteiger partial charge in [-0.05, 0) is 25.0 Å². The lowest BCUT2D eigenvalue weighted by Crippen LogP contribution is -2.51. The number of carbonyl (C=O) groups excluding carboxylic acids is 2. The van der Waals surface area contributed by atoms with Crippen molar-refractivity contribution in [1.29, 1.82) is 0 Å². The van der Waals surface area contributed by atoms with Crippen LogP contribution < -0.4 is 5.73 Å². The van der Waals surface area contributed by atoms with Gasteiger partial charge in [-0.25, -0.2) is 0 Å². The van der Waals surface area contributed by atoms with Crippen molar-refractivity contribution >= 4 is 22.7 Å². The fraction of sp³-hybridized carbons (Fsp3) is 0.375. The average Bonchev–Trinajstić information content (AvgIpc) is 2.93. The standard InChI is InChI=1S/C16H19N3O3/c17-13(20)9-16(22)6-2-8-19(10-16)15(21)12-4-1-3-11-5-7-18-14(11)12/h1,3-5,7,18,22H,2,6,8-10H2,(H2,17,20). The normalized spacial score (nSPS) is 22.0. The molecule has 4 N–H and O–H groups in total. The van der Waals surface area contributed by atoms with Crippen LogP contribution in [0.2, 0.25) is 0 Å². The molecule has 6 nitrogen and oxygen atoms in total. The third-order valence-corrected chi connectivity index (χ3v) is 4.16. The molecule has 22 heavy (non-hydrogen) atoms. The van der Waals surface area contributed by atoms with Crippen LogP contribution in [-0.2, 0) is 4.79 Å². The number of piperidine rings is 1. The minimum Gasteiger partial charge on any atom is -0.388 e. The van der Waals surface area contributed by atoms with E-state index in [1.165, 1.54) is 0 Å². The number of β-amino-alcohol motifs (C(OH)–C–C–N with tert-alkyl or cyclic N) is 1. The number of likely N-dealkylation sites (tertiary alicyclic amines) is 1. The van der Waals surface area contributed by atoms with E-state index in [-0.39, 0.29) is 18.9 Å². The number of rotatable bonds is 3. The summed E-state index contributed by atoms with van der Waals surface area (Å²) < 4.78 is 0. The van der Waals surface area contributed by atoms with E-state index in [0.717, 1.165) is 10.9 Å². The van der Waals surface area contributed by atoms with Crippen molar-refractivity contribution in [2.24, 2.45) is 5.73 Å². The van der Waals surface area contributed by atoms with E-state index < -0.39 is 11.5 Å². The van der Waals surface area contributed by atoms with Crippen molar-refractivity contribution in [1.82, 2.24) is 9.88 Å². The van der Waals surface area contributed by atoms with Gasteiger partial charge in [-0.3, -0.25) is 9.59 Å². The number of primary amides is 1. The number of carbonyl (C=O) groups is 2. The number of hydrogen-bond donors (Lipinski definition) is 3. The molecule has 0 bridgehead atoms. The molecular weight excluding hydrogens is 282 g/mol. The second-order valence-corrected chi connectivity index (χ2v) is 5.95. The highest BCUT2D eigenvalue weighted by molar-refractivity contribution is 6.05. The molecule has 0 spiro atoms. The van der Waals surface area contributed by atoms with E-state index in [4.69, 9.17) is 5.73 Å². The van der Waals surface area contributed by atoms with Crippen LogP contribution >= 0.6 is 0 Å². The van der Waals surface area contributed by atoms with Gasteiger partial charge in [0.25, 0.3) is 5.91 Å². The van der Waals surface area contributed by atoms with Crippen molar-refractivity contribution in [3.63, 3.8) is 0 Å². The molecule has 1 aromatic carbocycles. The number of nitrogens with zero attached hydrogens (tertiary/aromatic N) is 1. The SMILES string of the molecule is NC(=O)CC1(O)CCCN(C(=O)c2cccc3cc[nH]c23)C1. The number of fused-ring (bicyclic) bond motifs is 1. The maximum atomic E-state index is 12.8. The second-order valence-electron chi connectivity index (χ2n) is 5.95. The highest BCUT2D eigenvalue weighted by Crippen LogP contribution is 2.27. The van der Waals surface area contributed by atoms with Crippen LogP contribution in [0.4, 0.5) is 0 Å². The van der Waals surface area contributed by atoms with E-state index in [1.54, 1.807) is 17.2 Å². The smallest absolute Gasteiger partial charge is 0.256 e. The minimum absolute atomic E-state index is 0.122. The van der Waals surface area contributed by atoms with Crippen molar-refractivity contribution in [2.45, 2.75) is 24.9 Å². The fourth-order valence-electron chi connectivity index (χ4n) is 3.19. The molecule has 2 aromatic rings. The van der Waals surface area contributed by atoms with E-state index in [0.29, 0.717) is 24.9 Å². The van der Waals surface area contributed by atoms with E-state index in [1.807, 2.05) is 18.2 Å². The summed E-state index contributed by atoms with van der Waals surface area (Å²) in [5, 5.41) is 11.4. The second kappa shape index (κ2) is 5.46. The zero-order valence-corrected chi connectivity index (χ0v) is 12.2. The molecule has 0 aliphatic carbocycles. The molecule has 1 fully saturated rings. The number of nitrogens with two attached hydrogens (primary N) is 1. The Balaban J connectivity index is 1.86. The Labute approximate surface area is 127 Å². The Morgan fingerprint density at radius 3 is 2.95 bits per heavy atom. The van der Waals surface area contributed by atoms with Crippen molar-refractivity contribution < 1.29 is 14.7 Å². The van der Waals surface area contributed by atoms with Gasteiger partial charge in [-0.2, -0.15) is 0 Å². The van der Waals surface area contributed by atoms with Crippen LogP contribution in [0.15, 0.2) is 30.5 Å². The summed E-state index contributed by atoms with van der Waals surface area (Å²) in [6, 6.07) is 7.44. The molecule has 2 heterocycles. The Morgan fingerprint density at radius 1 is 1.36 bits per heavy atom. The molecule has 2 amide bonds. The first-order valence-electron chi connectivity index (χ1n) is 7.35. The maximum absolute atomic E-state index is 12.8. The summed E-state index contributed by atoms with van der Waals surface area (Å²) in [5.41, 5.74) is 5.34. The van der Waals surface area contributed by atoms with Crippen LogP contribution in [0.1, 0.15) is 29.6 Å². The molecule has 1 aromatic heterocycles.